The van der Waals surface area contributed by atoms with Crippen LogP contribution in [0.25, 0.3) is 11.1 Å². The first-order valence-corrected chi connectivity index (χ1v) is 5.82. The van der Waals surface area contributed by atoms with Crippen molar-refractivity contribution in [3.8, 4) is 16.9 Å². The van der Waals surface area contributed by atoms with Crippen molar-refractivity contribution in [2.24, 2.45) is 0 Å². The van der Waals surface area contributed by atoms with E-state index >= 15 is 0 Å². The fourth-order valence-corrected chi connectivity index (χ4v) is 1.91. The van der Waals surface area contributed by atoms with Gasteiger partial charge in [0.2, 0.25) is 0 Å². The molecule has 2 nitrogen and oxygen atoms in total. The fraction of sp³-hybridized carbons (Fsp3) is 0.200. The highest BCUT2D eigenvalue weighted by Gasteiger charge is 2.06. The second-order valence-corrected chi connectivity index (χ2v) is 4.08. The van der Waals surface area contributed by atoms with Gasteiger partial charge in [0.15, 0.2) is 0 Å². The van der Waals surface area contributed by atoms with Crippen molar-refractivity contribution >= 4 is 0 Å². The lowest BCUT2D eigenvalue weighted by atomic mass is 10.0. The summed E-state index contributed by atoms with van der Waals surface area (Å²) in [6, 6.07) is 12.8. The zero-order valence-electron chi connectivity index (χ0n) is 10.5. The van der Waals surface area contributed by atoms with Crippen molar-refractivity contribution < 1.29 is 9.13 Å². The molecule has 2 aromatic carbocycles. The first kappa shape index (κ1) is 12.6. The molecule has 0 aliphatic rings. The largest absolute Gasteiger partial charge is 0.497 e. The topological polar surface area (TPSA) is 21.3 Å². The fourth-order valence-electron chi connectivity index (χ4n) is 1.91. The lowest BCUT2D eigenvalue weighted by Crippen LogP contribution is -2.04. The van der Waals surface area contributed by atoms with Gasteiger partial charge in [-0.05, 0) is 36.4 Å². The van der Waals surface area contributed by atoms with E-state index in [-0.39, 0.29) is 5.82 Å². The molecule has 94 valence electrons. The van der Waals surface area contributed by atoms with Crippen LogP contribution in [-0.2, 0) is 6.54 Å². The first-order valence-electron chi connectivity index (χ1n) is 5.82. The molecule has 2 rings (SSSR count). The van der Waals surface area contributed by atoms with Gasteiger partial charge in [-0.25, -0.2) is 4.39 Å². The maximum absolute atomic E-state index is 13.9. The molecule has 0 aliphatic heterocycles. The molecule has 3 heteroatoms. The number of halogens is 1. The van der Waals surface area contributed by atoms with E-state index in [2.05, 4.69) is 5.32 Å². The Morgan fingerprint density at radius 1 is 1.17 bits per heavy atom. The Balaban J connectivity index is 2.38. The van der Waals surface area contributed by atoms with Gasteiger partial charge in [-0.15, -0.1) is 0 Å². The zero-order valence-corrected chi connectivity index (χ0v) is 10.5. The van der Waals surface area contributed by atoms with E-state index in [1.807, 2.05) is 31.3 Å². The van der Waals surface area contributed by atoms with Gasteiger partial charge < -0.3 is 10.1 Å². The van der Waals surface area contributed by atoms with Crippen LogP contribution in [0.1, 0.15) is 5.56 Å². The summed E-state index contributed by atoms with van der Waals surface area (Å²) in [5.74, 6) is 0.263. The third-order valence-electron chi connectivity index (χ3n) is 2.80. The Labute approximate surface area is 106 Å². The summed E-state index contributed by atoms with van der Waals surface area (Å²) in [4.78, 5) is 0. The molecular weight excluding hydrogens is 229 g/mol. The van der Waals surface area contributed by atoms with E-state index < -0.39 is 0 Å². The molecule has 1 N–H and O–H groups in total. The van der Waals surface area contributed by atoms with Crippen LogP contribution in [0.15, 0.2) is 42.5 Å². The SMILES string of the molecule is CNCc1cccc(-c2ccc(OC)cc2F)c1. The number of hydrogen-bond acceptors (Lipinski definition) is 2. The minimum atomic E-state index is -0.268. The molecule has 0 radical (unpaired) electrons. The van der Waals surface area contributed by atoms with Crippen molar-refractivity contribution in [1.29, 1.82) is 0 Å². The van der Waals surface area contributed by atoms with Crippen LogP contribution in [0.5, 0.6) is 5.75 Å². The summed E-state index contributed by atoms with van der Waals surface area (Å²) in [5.41, 5.74) is 2.60. The summed E-state index contributed by atoms with van der Waals surface area (Å²) >= 11 is 0. The lowest BCUT2D eigenvalue weighted by Gasteiger charge is -2.08. The molecule has 18 heavy (non-hydrogen) atoms. The van der Waals surface area contributed by atoms with Gasteiger partial charge in [-0.3, -0.25) is 0 Å². The Bertz CT molecular complexity index is 540. The quantitative estimate of drug-likeness (QED) is 0.893. The van der Waals surface area contributed by atoms with Crippen molar-refractivity contribution in [1.82, 2.24) is 5.32 Å². The molecule has 0 spiro atoms. The number of hydrogen-bond donors (Lipinski definition) is 1. The van der Waals surface area contributed by atoms with Crippen LogP contribution < -0.4 is 10.1 Å². The molecule has 0 aromatic heterocycles. The molecule has 0 saturated carbocycles. The Morgan fingerprint density at radius 2 is 2.00 bits per heavy atom. The van der Waals surface area contributed by atoms with Gasteiger partial charge in [-0.2, -0.15) is 0 Å². The van der Waals surface area contributed by atoms with Crippen LogP contribution in [0.4, 0.5) is 4.39 Å². The Morgan fingerprint density at radius 3 is 2.67 bits per heavy atom. The zero-order chi connectivity index (χ0) is 13.0. The van der Waals surface area contributed by atoms with Crippen molar-refractivity contribution in [3.63, 3.8) is 0 Å². The summed E-state index contributed by atoms with van der Waals surface area (Å²) in [5, 5.41) is 3.08. The van der Waals surface area contributed by atoms with Gasteiger partial charge in [0.25, 0.3) is 0 Å². The third-order valence-corrected chi connectivity index (χ3v) is 2.80. The normalized spacial score (nSPS) is 10.4. The van der Waals surface area contributed by atoms with Gasteiger partial charge in [0.05, 0.1) is 7.11 Å². The molecule has 0 aliphatic carbocycles. The maximum atomic E-state index is 13.9. The monoisotopic (exact) mass is 245 g/mol. The predicted molar refractivity (Wildman–Crippen MR) is 71.2 cm³/mol. The number of nitrogens with one attached hydrogen (secondary N) is 1. The van der Waals surface area contributed by atoms with E-state index in [0.29, 0.717) is 11.3 Å². The number of methoxy groups -OCH3 is 1. The summed E-state index contributed by atoms with van der Waals surface area (Å²) in [6.45, 7) is 0.769. The number of benzene rings is 2. The molecule has 0 fully saturated rings. The second kappa shape index (κ2) is 5.65. The summed E-state index contributed by atoms with van der Waals surface area (Å²) < 4.78 is 18.9. The van der Waals surface area contributed by atoms with Crippen molar-refractivity contribution in [2.45, 2.75) is 6.54 Å². The predicted octanol–water partition coefficient (Wildman–Crippen LogP) is 3.22. The van der Waals surface area contributed by atoms with E-state index in [4.69, 9.17) is 4.74 Å². The Hall–Kier alpha value is -1.87. The summed E-state index contributed by atoms with van der Waals surface area (Å²) in [7, 11) is 3.42. The van der Waals surface area contributed by atoms with Crippen molar-refractivity contribution in [2.75, 3.05) is 14.2 Å². The minimum absolute atomic E-state index is 0.268. The maximum Gasteiger partial charge on any atom is 0.134 e. The molecule has 0 heterocycles. The van der Waals surface area contributed by atoms with Crippen LogP contribution in [0.3, 0.4) is 0 Å². The van der Waals surface area contributed by atoms with Crippen LogP contribution in [-0.4, -0.2) is 14.2 Å². The van der Waals surface area contributed by atoms with Gasteiger partial charge in [0, 0.05) is 18.2 Å². The average Bonchev–Trinajstić information content (AvgIpc) is 2.39. The molecule has 0 bridgehead atoms. The van der Waals surface area contributed by atoms with Gasteiger partial charge in [0.1, 0.15) is 11.6 Å². The van der Waals surface area contributed by atoms with Gasteiger partial charge in [-0.1, -0.05) is 18.2 Å². The van der Waals surface area contributed by atoms with Crippen molar-refractivity contribution in [3.05, 3.63) is 53.8 Å². The Kier molecular flexibility index (Phi) is 3.95. The smallest absolute Gasteiger partial charge is 0.134 e. The molecule has 2 aromatic rings. The van der Waals surface area contributed by atoms with Crippen LogP contribution in [0.2, 0.25) is 0 Å². The molecule has 0 amide bonds. The van der Waals surface area contributed by atoms with Crippen LogP contribution in [0, 0.1) is 5.82 Å². The molecule has 0 atom stereocenters. The highest BCUT2D eigenvalue weighted by Crippen LogP contribution is 2.26. The minimum Gasteiger partial charge on any atom is -0.497 e. The number of rotatable bonds is 4. The lowest BCUT2D eigenvalue weighted by molar-refractivity contribution is 0.411. The second-order valence-electron chi connectivity index (χ2n) is 4.08. The summed E-state index contributed by atoms with van der Waals surface area (Å²) in [6.07, 6.45) is 0. The first-order chi connectivity index (χ1) is 8.74. The average molecular weight is 245 g/mol. The van der Waals surface area contributed by atoms with E-state index in [1.165, 1.54) is 13.2 Å². The van der Waals surface area contributed by atoms with Crippen LogP contribution >= 0.6 is 0 Å². The molecule has 0 saturated heterocycles. The highest BCUT2D eigenvalue weighted by atomic mass is 19.1. The van der Waals surface area contributed by atoms with E-state index in [9.17, 15) is 4.39 Å². The molecular formula is C15H16FNO. The van der Waals surface area contributed by atoms with E-state index in [1.54, 1.807) is 12.1 Å². The molecule has 0 unspecified atom stereocenters. The van der Waals surface area contributed by atoms with E-state index in [0.717, 1.165) is 17.7 Å². The number of ether oxygens (including phenoxy) is 1. The highest BCUT2D eigenvalue weighted by molar-refractivity contribution is 5.65. The standard InChI is InChI=1S/C15H16FNO/c1-17-10-11-4-3-5-12(8-11)14-7-6-13(18-2)9-15(14)16/h3-9,17H,10H2,1-2H3. The third kappa shape index (κ3) is 2.68. The van der Waals surface area contributed by atoms with Gasteiger partial charge >= 0.3 is 0 Å².